The van der Waals surface area contributed by atoms with Crippen molar-refractivity contribution in [2.24, 2.45) is 0 Å². The Kier molecular flexibility index (Phi) is 4.17. The lowest BCUT2D eigenvalue weighted by atomic mass is 9.90. The number of para-hydroxylation sites is 1. The van der Waals surface area contributed by atoms with Crippen molar-refractivity contribution < 1.29 is 5.11 Å². The Morgan fingerprint density at radius 2 is 2.13 bits per heavy atom. The lowest BCUT2D eigenvalue weighted by Gasteiger charge is -2.16. The summed E-state index contributed by atoms with van der Waals surface area (Å²) in [5.41, 5.74) is 1.29. The highest BCUT2D eigenvalue weighted by atomic mass is 16.3. The van der Waals surface area contributed by atoms with Crippen LogP contribution >= 0.6 is 0 Å². The van der Waals surface area contributed by atoms with Crippen molar-refractivity contribution in [3.8, 4) is 11.8 Å². The Morgan fingerprint density at radius 3 is 2.67 bits per heavy atom. The molecule has 0 aliphatic carbocycles. The maximum atomic E-state index is 9.89. The zero-order valence-electron chi connectivity index (χ0n) is 9.33. The number of nitriles is 1. The van der Waals surface area contributed by atoms with Gasteiger partial charge >= 0.3 is 0 Å². The molecule has 0 fully saturated rings. The van der Waals surface area contributed by atoms with Crippen molar-refractivity contribution >= 4 is 0 Å². The zero-order chi connectivity index (χ0) is 11.3. The van der Waals surface area contributed by atoms with E-state index in [1.165, 1.54) is 0 Å². The third kappa shape index (κ3) is 2.50. The second-order valence-electron chi connectivity index (χ2n) is 3.75. The lowest BCUT2D eigenvalue weighted by Crippen LogP contribution is -1.98. The number of aromatic hydroxyl groups is 1. The molecule has 0 saturated carbocycles. The molecule has 0 radical (unpaired) electrons. The second-order valence-corrected chi connectivity index (χ2v) is 3.75. The van der Waals surface area contributed by atoms with Crippen LogP contribution in [0.5, 0.6) is 5.75 Å². The predicted octanol–water partition coefficient (Wildman–Crippen LogP) is 3.56. The summed E-state index contributed by atoms with van der Waals surface area (Å²) < 4.78 is 0. The fraction of sp³-hybridized carbons (Fsp3) is 0.462. The van der Waals surface area contributed by atoms with E-state index in [0.717, 1.165) is 24.8 Å². The number of nitrogens with zero attached hydrogens (tertiary/aromatic N) is 1. The fourth-order valence-electron chi connectivity index (χ4n) is 1.91. The van der Waals surface area contributed by atoms with Gasteiger partial charge in [-0.3, -0.25) is 0 Å². The fourth-order valence-corrected chi connectivity index (χ4v) is 1.91. The van der Waals surface area contributed by atoms with Crippen molar-refractivity contribution in [1.82, 2.24) is 0 Å². The molecule has 1 aromatic carbocycles. The van der Waals surface area contributed by atoms with Crippen molar-refractivity contribution in [3.63, 3.8) is 0 Å². The molecule has 0 bridgehead atoms. The Balaban J connectivity index is 3.08. The quantitative estimate of drug-likeness (QED) is 0.813. The molecule has 1 atom stereocenters. The molecule has 0 aliphatic heterocycles. The molecular weight excluding hydrogens is 186 g/mol. The number of phenols is 1. The molecule has 0 heterocycles. The maximum absolute atomic E-state index is 9.89. The van der Waals surface area contributed by atoms with Crippen molar-refractivity contribution in [1.29, 1.82) is 5.26 Å². The van der Waals surface area contributed by atoms with Gasteiger partial charge in [-0.1, -0.05) is 32.4 Å². The monoisotopic (exact) mass is 203 g/mol. The van der Waals surface area contributed by atoms with Crippen LogP contribution in [0.2, 0.25) is 0 Å². The maximum Gasteiger partial charge on any atom is 0.136 e. The summed E-state index contributed by atoms with van der Waals surface area (Å²) >= 11 is 0. The van der Waals surface area contributed by atoms with Gasteiger partial charge in [0.1, 0.15) is 11.8 Å². The third-order valence-electron chi connectivity index (χ3n) is 2.76. The normalized spacial score (nSPS) is 12.1. The van der Waals surface area contributed by atoms with Crippen LogP contribution in [-0.2, 0) is 0 Å². The van der Waals surface area contributed by atoms with Gasteiger partial charge in [0.05, 0.1) is 5.56 Å². The van der Waals surface area contributed by atoms with Gasteiger partial charge in [-0.15, -0.1) is 0 Å². The van der Waals surface area contributed by atoms with E-state index >= 15 is 0 Å². The van der Waals surface area contributed by atoms with Crippen LogP contribution in [0.1, 0.15) is 50.2 Å². The number of hydrogen-bond acceptors (Lipinski definition) is 2. The first-order valence-electron chi connectivity index (χ1n) is 5.46. The molecule has 1 unspecified atom stereocenters. The van der Waals surface area contributed by atoms with Crippen LogP contribution in [0.4, 0.5) is 0 Å². The van der Waals surface area contributed by atoms with Crippen LogP contribution in [-0.4, -0.2) is 5.11 Å². The molecule has 0 aromatic heterocycles. The summed E-state index contributed by atoms with van der Waals surface area (Å²) in [5.74, 6) is 0.531. The van der Waals surface area contributed by atoms with E-state index in [0.29, 0.717) is 11.5 Å². The molecule has 1 rings (SSSR count). The van der Waals surface area contributed by atoms with E-state index in [1.54, 1.807) is 6.07 Å². The largest absolute Gasteiger partial charge is 0.506 e. The molecule has 0 spiro atoms. The average molecular weight is 203 g/mol. The van der Waals surface area contributed by atoms with Gasteiger partial charge in [0.2, 0.25) is 0 Å². The highest BCUT2D eigenvalue weighted by molar-refractivity contribution is 5.48. The van der Waals surface area contributed by atoms with Crippen molar-refractivity contribution in [2.45, 2.75) is 39.0 Å². The number of benzene rings is 1. The van der Waals surface area contributed by atoms with E-state index in [-0.39, 0.29) is 5.75 Å². The van der Waals surface area contributed by atoms with E-state index in [1.807, 2.05) is 18.2 Å². The minimum absolute atomic E-state index is 0.167. The zero-order valence-corrected chi connectivity index (χ0v) is 9.33. The van der Waals surface area contributed by atoms with Crippen LogP contribution < -0.4 is 0 Å². The highest BCUT2D eigenvalue weighted by Gasteiger charge is 2.14. The highest BCUT2D eigenvalue weighted by Crippen LogP contribution is 2.33. The summed E-state index contributed by atoms with van der Waals surface area (Å²) in [4.78, 5) is 0. The summed E-state index contributed by atoms with van der Waals surface area (Å²) in [5, 5.41) is 18.7. The number of phenolic OH excluding ortho intramolecular Hbond substituents is 1. The first-order chi connectivity index (χ1) is 7.24. The van der Waals surface area contributed by atoms with Gasteiger partial charge in [0.15, 0.2) is 0 Å². The predicted molar refractivity (Wildman–Crippen MR) is 60.8 cm³/mol. The minimum Gasteiger partial charge on any atom is -0.506 e. The molecule has 15 heavy (non-hydrogen) atoms. The first-order valence-corrected chi connectivity index (χ1v) is 5.46. The lowest BCUT2D eigenvalue weighted by molar-refractivity contribution is 0.452. The summed E-state index contributed by atoms with van der Waals surface area (Å²) in [6.07, 6.45) is 3.14. The Morgan fingerprint density at radius 1 is 1.40 bits per heavy atom. The standard InChI is InChI=1S/C13H17NO/c1-3-6-10(4-2)12-8-5-7-11(9-14)13(12)15/h5,7-8,10,15H,3-4,6H2,1-2H3. The Labute approximate surface area is 91.2 Å². The van der Waals surface area contributed by atoms with E-state index in [9.17, 15) is 5.11 Å². The topological polar surface area (TPSA) is 44.0 Å². The van der Waals surface area contributed by atoms with E-state index in [4.69, 9.17) is 5.26 Å². The van der Waals surface area contributed by atoms with Gasteiger partial charge < -0.3 is 5.11 Å². The molecule has 0 saturated heterocycles. The van der Waals surface area contributed by atoms with Gasteiger partial charge in [0, 0.05) is 0 Å². The smallest absolute Gasteiger partial charge is 0.136 e. The van der Waals surface area contributed by atoms with E-state index in [2.05, 4.69) is 13.8 Å². The first kappa shape index (κ1) is 11.6. The molecule has 0 aliphatic rings. The third-order valence-corrected chi connectivity index (χ3v) is 2.76. The second kappa shape index (κ2) is 5.41. The molecule has 80 valence electrons. The number of hydrogen-bond donors (Lipinski definition) is 1. The van der Waals surface area contributed by atoms with Gasteiger partial charge in [-0.2, -0.15) is 5.26 Å². The summed E-state index contributed by atoms with van der Waals surface area (Å²) in [6.45, 7) is 4.24. The molecule has 1 N–H and O–H groups in total. The minimum atomic E-state index is 0.167. The molecule has 2 nitrogen and oxygen atoms in total. The van der Waals surface area contributed by atoms with Crippen LogP contribution in [0.3, 0.4) is 0 Å². The van der Waals surface area contributed by atoms with Crippen LogP contribution in [0.15, 0.2) is 18.2 Å². The molecule has 2 heteroatoms. The summed E-state index contributed by atoms with van der Waals surface area (Å²) in [7, 11) is 0. The number of rotatable bonds is 4. The van der Waals surface area contributed by atoms with Crippen LogP contribution in [0.25, 0.3) is 0 Å². The van der Waals surface area contributed by atoms with E-state index < -0.39 is 0 Å². The van der Waals surface area contributed by atoms with Crippen molar-refractivity contribution in [2.75, 3.05) is 0 Å². The SMILES string of the molecule is CCCC(CC)c1cccc(C#N)c1O. The Hall–Kier alpha value is -1.49. The molecule has 0 amide bonds. The van der Waals surface area contributed by atoms with Crippen molar-refractivity contribution in [3.05, 3.63) is 29.3 Å². The van der Waals surface area contributed by atoms with Gasteiger partial charge in [-0.05, 0) is 30.4 Å². The Bertz CT molecular complexity index is 365. The molecule has 1 aromatic rings. The van der Waals surface area contributed by atoms with Crippen LogP contribution in [0, 0.1) is 11.3 Å². The van der Waals surface area contributed by atoms with Gasteiger partial charge in [-0.25, -0.2) is 0 Å². The summed E-state index contributed by atoms with van der Waals surface area (Å²) in [6, 6.07) is 7.41. The molecular formula is C13H17NO. The average Bonchev–Trinajstić information content (AvgIpc) is 2.27. The van der Waals surface area contributed by atoms with Gasteiger partial charge in [0.25, 0.3) is 0 Å².